The predicted molar refractivity (Wildman–Crippen MR) is 61.5 cm³/mol. The first kappa shape index (κ1) is 9.77. The van der Waals surface area contributed by atoms with Crippen LogP contribution < -0.4 is 11.1 Å². The Balaban J connectivity index is 2.08. The Kier molecular flexibility index (Phi) is 1.83. The number of nitrogen functional groups attached to an aromatic ring is 1. The van der Waals surface area contributed by atoms with Crippen LogP contribution in [-0.2, 0) is 0 Å². The van der Waals surface area contributed by atoms with E-state index in [1.807, 2.05) is 0 Å². The van der Waals surface area contributed by atoms with Gasteiger partial charge in [-0.3, -0.25) is 0 Å². The van der Waals surface area contributed by atoms with Gasteiger partial charge in [-0.25, -0.2) is 4.98 Å². The van der Waals surface area contributed by atoms with Gasteiger partial charge in [-0.15, -0.1) is 0 Å². The van der Waals surface area contributed by atoms with Gasteiger partial charge in [-0.05, 0) is 10.8 Å². The zero-order valence-electron chi connectivity index (χ0n) is 9.09. The number of hydrogen-bond acceptors (Lipinski definition) is 4. The van der Waals surface area contributed by atoms with Crippen LogP contribution in [0, 0.1) is 10.8 Å². The molecule has 0 radical (unpaired) electrons. The van der Waals surface area contributed by atoms with Crippen LogP contribution in [0.3, 0.4) is 0 Å². The molecule has 1 fully saturated rings. The molecule has 78 valence electrons. The maximum Gasteiger partial charge on any atom is 0.184 e. The summed E-state index contributed by atoms with van der Waals surface area (Å²) in [6, 6.07) is 0.501. The molecular formula is C10H17N3S. The van der Waals surface area contributed by atoms with Crippen LogP contribution in [0.4, 0.5) is 10.1 Å². The number of aromatic nitrogens is 1. The molecule has 0 atom stereocenters. The van der Waals surface area contributed by atoms with Crippen LogP contribution in [0.1, 0.15) is 27.7 Å². The summed E-state index contributed by atoms with van der Waals surface area (Å²) in [5.41, 5.74) is 6.31. The van der Waals surface area contributed by atoms with E-state index >= 15 is 0 Å². The number of nitrogens with one attached hydrogen (secondary N) is 1. The Hall–Kier alpha value is -0.770. The molecular weight excluding hydrogens is 194 g/mol. The van der Waals surface area contributed by atoms with Crippen molar-refractivity contribution >= 4 is 21.5 Å². The Bertz CT molecular complexity index is 340. The van der Waals surface area contributed by atoms with Gasteiger partial charge in [0.25, 0.3) is 0 Å². The molecule has 0 saturated heterocycles. The second kappa shape index (κ2) is 2.63. The van der Waals surface area contributed by atoms with E-state index in [1.54, 1.807) is 6.20 Å². The standard InChI is InChI=1S/C10H17N3S/c1-9(2)7(10(9,3)4)13-8-12-5-6(11)14-8/h5,7H,11H2,1-4H3,(H,12,13). The summed E-state index contributed by atoms with van der Waals surface area (Å²) in [5, 5.41) is 5.15. The van der Waals surface area contributed by atoms with Gasteiger partial charge in [0, 0.05) is 6.04 Å². The fourth-order valence-corrected chi connectivity index (χ4v) is 2.64. The van der Waals surface area contributed by atoms with E-state index in [0.717, 1.165) is 10.1 Å². The molecule has 1 saturated carbocycles. The van der Waals surface area contributed by atoms with Crippen molar-refractivity contribution in [3.63, 3.8) is 0 Å². The molecule has 14 heavy (non-hydrogen) atoms. The molecule has 4 heteroatoms. The van der Waals surface area contributed by atoms with Gasteiger partial charge in [0.15, 0.2) is 5.13 Å². The highest BCUT2D eigenvalue weighted by atomic mass is 32.1. The molecule has 1 heterocycles. The van der Waals surface area contributed by atoms with E-state index in [0.29, 0.717) is 16.9 Å². The quantitative estimate of drug-likeness (QED) is 0.790. The lowest BCUT2D eigenvalue weighted by molar-refractivity contribution is 0.457. The molecule has 3 N–H and O–H groups in total. The van der Waals surface area contributed by atoms with Crippen LogP contribution in [0.2, 0.25) is 0 Å². The maximum atomic E-state index is 5.63. The minimum atomic E-state index is 0.341. The van der Waals surface area contributed by atoms with Crippen molar-refractivity contribution in [1.29, 1.82) is 0 Å². The van der Waals surface area contributed by atoms with E-state index in [9.17, 15) is 0 Å². The normalized spacial score (nSPS) is 23.4. The van der Waals surface area contributed by atoms with E-state index < -0.39 is 0 Å². The van der Waals surface area contributed by atoms with E-state index in [4.69, 9.17) is 5.73 Å². The molecule has 0 amide bonds. The first-order valence-corrected chi connectivity index (χ1v) is 5.65. The average molecular weight is 211 g/mol. The van der Waals surface area contributed by atoms with Gasteiger partial charge >= 0.3 is 0 Å². The summed E-state index contributed by atoms with van der Waals surface area (Å²) in [6.45, 7) is 9.12. The summed E-state index contributed by atoms with van der Waals surface area (Å²) < 4.78 is 0. The van der Waals surface area contributed by atoms with Gasteiger partial charge in [0.2, 0.25) is 0 Å². The highest BCUT2D eigenvalue weighted by Crippen LogP contribution is 2.63. The SMILES string of the molecule is CC1(C)C(Nc2ncc(N)s2)C1(C)C. The molecule has 1 aromatic rings. The van der Waals surface area contributed by atoms with E-state index in [-0.39, 0.29) is 0 Å². The first-order chi connectivity index (χ1) is 6.35. The predicted octanol–water partition coefficient (Wildman–Crippen LogP) is 2.57. The lowest BCUT2D eigenvalue weighted by Gasteiger charge is -2.02. The Morgan fingerprint density at radius 1 is 1.36 bits per heavy atom. The monoisotopic (exact) mass is 211 g/mol. The van der Waals surface area contributed by atoms with Crippen molar-refractivity contribution in [1.82, 2.24) is 4.98 Å². The molecule has 0 unspecified atom stereocenters. The summed E-state index contributed by atoms with van der Waals surface area (Å²) in [7, 11) is 0. The fraction of sp³-hybridized carbons (Fsp3) is 0.700. The van der Waals surface area contributed by atoms with Crippen LogP contribution in [0.5, 0.6) is 0 Å². The summed E-state index contributed by atoms with van der Waals surface area (Å²) in [6.07, 6.45) is 1.70. The Labute approximate surface area is 88.7 Å². The van der Waals surface area contributed by atoms with Crippen molar-refractivity contribution in [3.05, 3.63) is 6.20 Å². The smallest absolute Gasteiger partial charge is 0.184 e. The third kappa shape index (κ3) is 1.21. The van der Waals surface area contributed by atoms with Crippen molar-refractivity contribution in [2.75, 3.05) is 11.1 Å². The van der Waals surface area contributed by atoms with Crippen molar-refractivity contribution in [2.45, 2.75) is 33.7 Å². The number of nitrogens with two attached hydrogens (primary N) is 1. The summed E-state index contributed by atoms with van der Waals surface area (Å²) in [4.78, 5) is 4.21. The van der Waals surface area contributed by atoms with E-state index in [2.05, 4.69) is 38.0 Å². The molecule has 1 aliphatic rings. The largest absolute Gasteiger partial charge is 0.389 e. The fourth-order valence-electron chi connectivity index (χ4n) is 2.03. The van der Waals surface area contributed by atoms with Gasteiger partial charge in [0.1, 0.15) is 5.00 Å². The lowest BCUT2D eigenvalue weighted by Crippen LogP contribution is -2.09. The third-order valence-electron chi connectivity index (χ3n) is 3.81. The van der Waals surface area contributed by atoms with Crippen LogP contribution >= 0.6 is 11.3 Å². The number of rotatable bonds is 2. The number of hydrogen-bond donors (Lipinski definition) is 2. The van der Waals surface area contributed by atoms with Gasteiger partial charge in [-0.2, -0.15) is 0 Å². The first-order valence-electron chi connectivity index (χ1n) is 4.83. The molecule has 3 nitrogen and oxygen atoms in total. The Morgan fingerprint density at radius 3 is 2.29 bits per heavy atom. The second-order valence-corrected chi connectivity index (χ2v) is 6.15. The van der Waals surface area contributed by atoms with Crippen LogP contribution in [-0.4, -0.2) is 11.0 Å². The molecule has 0 aliphatic heterocycles. The number of anilines is 2. The Morgan fingerprint density at radius 2 is 1.93 bits per heavy atom. The minimum Gasteiger partial charge on any atom is -0.389 e. The lowest BCUT2D eigenvalue weighted by atomic mass is 10.0. The van der Waals surface area contributed by atoms with Crippen LogP contribution in [0.15, 0.2) is 6.20 Å². The topological polar surface area (TPSA) is 50.9 Å². The number of thiazole rings is 1. The molecule has 2 rings (SSSR count). The molecule has 1 aliphatic carbocycles. The van der Waals surface area contributed by atoms with Crippen molar-refractivity contribution in [3.8, 4) is 0 Å². The van der Waals surface area contributed by atoms with Crippen molar-refractivity contribution in [2.24, 2.45) is 10.8 Å². The van der Waals surface area contributed by atoms with Crippen LogP contribution in [0.25, 0.3) is 0 Å². The van der Waals surface area contributed by atoms with E-state index in [1.165, 1.54) is 11.3 Å². The maximum absolute atomic E-state index is 5.63. The zero-order valence-corrected chi connectivity index (χ0v) is 9.90. The molecule has 0 bridgehead atoms. The van der Waals surface area contributed by atoms with Gasteiger partial charge in [-0.1, -0.05) is 39.0 Å². The summed E-state index contributed by atoms with van der Waals surface area (Å²) in [5.74, 6) is 0. The average Bonchev–Trinajstić information content (AvgIpc) is 2.47. The zero-order chi connectivity index (χ0) is 10.6. The summed E-state index contributed by atoms with van der Waals surface area (Å²) >= 11 is 1.51. The van der Waals surface area contributed by atoms with Gasteiger partial charge in [0.05, 0.1) is 6.20 Å². The molecule has 1 aromatic heterocycles. The highest BCUT2D eigenvalue weighted by molar-refractivity contribution is 7.19. The number of nitrogens with zero attached hydrogens (tertiary/aromatic N) is 1. The van der Waals surface area contributed by atoms with Crippen molar-refractivity contribution < 1.29 is 0 Å². The second-order valence-electron chi connectivity index (χ2n) is 5.09. The molecule has 0 spiro atoms. The third-order valence-corrected chi connectivity index (χ3v) is 4.57. The highest BCUT2D eigenvalue weighted by Gasteiger charge is 2.65. The van der Waals surface area contributed by atoms with Gasteiger partial charge < -0.3 is 11.1 Å². The minimum absolute atomic E-state index is 0.341. The molecule has 0 aromatic carbocycles.